The number of halogens is 1. The molecule has 0 saturated carbocycles. The second-order valence-electron chi connectivity index (χ2n) is 2.42. The maximum absolute atomic E-state index is 10.2. The Labute approximate surface area is 88.1 Å². The van der Waals surface area contributed by atoms with Gasteiger partial charge in [-0.1, -0.05) is 51.3 Å². The molecule has 0 aliphatic heterocycles. The zero-order valence-electron chi connectivity index (χ0n) is 6.77. The molecular weight excluding hydrogens is 252 g/mol. The zero-order valence-corrected chi connectivity index (χ0v) is 9.18. The van der Waals surface area contributed by atoms with Crippen LogP contribution in [-0.4, -0.2) is 14.5 Å². The van der Waals surface area contributed by atoms with Gasteiger partial charge in [0.2, 0.25) is 0 Å². The minimum Gasteiger partial charge on any atom is -0.772 e. The third kappa shape index (κ3) is 4.36. The first-order valence-electron chi connectivity index (χ1n) is 3.66. The fraction of sp³-hybridized carbons (Fsp3) is 0.111. The van der Waals surface area contributed by atoms with Crippen LogP contribution >= 0.6 is 15.9 Å². The smallest absolute Gasteiger partial charge is 0.0285 e. The molecule has 0 saturated heterocycles. The van der Waals surface area contributed by atoms with Crippen molar-refractivity contribution in [1.82, 2.24) is 0 Å². The van der Waals surface area contributed by atoms with E-state index in [0.29, 0.717) is 0 Å². The van der Waals surface area contributed by atoms with Crippen LogP contribution in [0.2, 0.25) is 0 Å². The minimum absolute atomic E-state index is 0.0655. The van der Waals surface area contributed by atoms with E-state index in [-0.39, 0.29) is 5.75 Å². The Hall–Kier alpha value is -0.450. The molecule has 1 aromatic carbocycles. The number of benzene rings is 1. The molecule has 0 N–H and O–H groups in total. The number of rotatable bonds is 3. The Morgan fingerprint density at radius 2 is 2.00 bits per heavy atom. The quantitative estimate of drug-likeness (QED) is 0.782. The molecule has 0 amide bonds. The van der Waals surface area contributed by atoms with Gasteiger partial charge in [0.1, 0.15) is 0 Å². The Morgan fingerprint density at radius 1 is 1.38 bits per heavy atom. The predicted molar refractivity (Wildman–Crippen MR) is 57.0 cm³/mol. The van der Waals surface area contributed by atoms with E-state index in [0.717, 1.165) is 10.0 Å². The van der Waals surface area contributed by atoms with E-state index in [4.69, 9.17) is 0 Å². The molecule has 1 atom stereocenters. The second-order valence-corrected chi connectivity index (χ2v) is 4.28. The van der Waals surface area contributed by atoms with Crippen LogP contribution in [0.5, 0.6) is 0 Å². The normalized spacial score (nSPS) is 13.4. The van der Waals surface area contributed by atoms with Crippen molar-refractivity contribution in [3.05, 3.63) is 40.4 Å². The molecule has 0 aromatic heterocycles. The van der Waals surface area contributed by atoms with Gasteiger partial charge in [-0.05, 0) is 17.7 Å². The van der Waals surface area contributed by atoms with E-state index in [1.165, 1.54) is 0 Å². The van der Waals surface area contributed by atoms with Gasteiger partial charge in [0.25, 0.3) is 0 Å². The summed E-state index contributed by atoms with van der Waals surface area (Å²) in [6, 6.07) is 7.64. The average Bonchev–Trinajstić information content (AvgIpc) is 2.08. The lowest BCUT2D eigenvalue weighted by Gasteiger charge is -1.98. The number of hydrogen-bond acceptors (Lipinski definition) is 2. The van der Waals surface area contributed by atoms with Crippen molar-refractivity contribution in [2.45, 2.75) is 0 Å². The summed E-state index contributed by atoms with van der Waals surface area (Å²) < 4.78 is 21.4. The maximum atomic E-state index is 10.2. The topological polar surface area (TPSA) is 40.1 Å². The van der Waals surface area contributed by atoms with E-state index in [9.17, 15) is 8.76 Å². The van der Waals surface area contributed by atoms with Gasteiger partial charge in [0, 0.05) is 10.2 Å². The van der Waals surface area contributed by atoms with E-state index in [1.54, 1.807) is 12.2 Å². The monoisotopic (exact) mass is 259 g/mol. The van der Waals surface area contributed by atoms with Crippen LogP contribution < -0.4 is 0 Å². The van der Waals surface area contributed by atoms with Crippen LogP contribution in [0.3, 0.4) is 0 Å². The van der Waals surface area contributed by atoms with Gasteiger partial charge in [-0.25, -0.2) is 0 Å². The molecule has 0 radical (unpaired) electrons. The first-order chi connectivity index (χ1) is 6.18. The standard InChI is InChI=1S/C9H9BrO2S/c10-9-5-3-8(4-6-9)2-1-7-13(11)12/h1-6H,7H2,(H,11,12)/p-1. The fourth-order valence-electron chi connectivity index (χ4n) is 0.837. The van der Waals surface area contributed by atoms with E-state index < -0.39 is 11.1 Å². The third-order valence-electron chi connectivity index (χ3n) is 1.41. The molecule has 2 nitrogen and oxygen atoms in total. The Bertz CT molecular complexity index is 319. The van der Waals surface area contributed by atoms with Crippen molar-refractivity contribution >= 4 is 33.1 Å². The summed E-state index contributed by atoms with van der Waals surface area (Å²) in [5, 5.41) is 0. The predicted octanol–water partition coefficient (Wildman–Crippen LogP) is 2.34. The minimum atomic E-state index is -1.99. The summed E-state index contributed by atoms with van der Waals surface area (Å²) in [4.78, 5) is 0. The summed E-state index contributed by atoms with van der Waals surface area (Å²) in [6.07, 6.45) is 3.40. The van der Waals surface area contributed by atoms with Gasteiger partial charge in [-0.2, -0.15) is 0 Å². The Kier molecular flexibility index (Phi) is 4.35. The highest BCUT2D eigenvalue weighted by molar-refractivity contribution is 9.10. The summed E-state index contributed by atoms with van der Waals surface area (Å²) in [5.41, 5.74) is 0.994. The first kappa shape index (κ1) is 10.6. The van der Waals surface area contributed by atoms with E-state index >= 15 is 0 Å². The molecule has 0 heterocycles. The average molecular weight is 260 g/mol. The van der Waals surface area contributed by atoms with Crippen molar-refractivity contribution < 1.29 is 8.76 Å². The lowest BCUT2D eigenvalue weighted by atomic mass is 10.2. The molecule has 0 bridgehead atoms. The maximum Gasteiger partial charge on any atom is 0.0285 e. The Morgan fingerprint density at radius 3 is 2.54 bits per heavy atom. The van der Waals surface area contributed by atoms with Gasteiger partial charge >= 0.3 is 0 Å². The van der Waals surface area contributed by atoms with Gasteiger partial charge in [-0.15, -0.1) is 0 Å². The highest BCUT2D eigenvalue weighted by atomic mass is 79.9. The van der Waals surface area contributed by atoms with Gasteiger partial charge in [-0.3, -0.25) is 4.21 Å². The lowest BCUT2D eigenvalue weighted by molar-refractivity contribution is 0.540. The first-order valence-corrected chi connectivity index (χ1v) is 5.70. The van der Waals surface area contributed by atoms with E-state index in [2.05, 4.69) is 15.9 Å². The number of hydrogen-bond donors (Lipinski definition) is 0. The van der Waals surface area contributed by atoms with Crippen LogP contribution in [0, 0.1) is 0 Å². The fourth-order valence-corrected chi connectivity index (χ4v) is 1.35. The molecule has 0 spiro atoms. The van der Waals surface area contributed by atoms with E-state index in [1.807, 2.05) is 24.3 Å². The van der Waals surface area contributed by atoms with Gasteiger partial charge in [0.05, 0.1) is 0 Å². The molecule has 1 unspecified atom stereocenters. The van der Waals surface area contributed by atoms with Crippen molar-refractivity contribution in [2.75, 3.05) is 5.75 Å². The van der Waals surface area contributed by atoms with Crippen LogP contribution in [-0.2, 0) is 11.1 Å². The van der Waals surface area contributed by atoms with Crippen molar-refractivity contribution in [3.8, 4) is 0 Å². The molecule has 0 aliphatic rings. The molecule has 0 fully saturated rings. The van der Waals surface area contributed by atoms with Crippen LogP contribution in [0.15, 0.2) is 34.8 Å². The van der Waals surface area contributed by atoms with Crippen LogP contribution in [0.4, 0.5) is 0 Å². The molecule has 13 heavy (non-hydrogen) atoms. The zero-order chi connectivity index (χ0) is 9.68. The summed E-state index contributed by atoms with van der Waals surface area (Å²) >= 11 is 1.32. The third-order valence-corrected chi connectivity index (χ3v) is 2.41. The SMILES string of the molecule is O=S([O-])CC=Cc1ccc(Br)cc1. The Balaban J connectivity index is 2.59. The van der Waals surface area contributed by atoms with Gasteiger partial charge < -0.3 is 4.55 Å². The molecule has 4 heteroatoms. The summed E-state index contributed by atoms with van der Waals surface area (Å²) in [7, 11) is 0. The van der Waals surface area contributed by atoms with Crippen LogP contribution in [0.1, 0.15) is 5.56 Å². The molecule has 70 valence electrons. The van der Waals surface area contributed by atoms with Crippen LogP contribution in [0.25, 0.3) is 6.08 Å². The highest BCUT2D eigenvalue weighted by Crippen LogP contribution is 2.11. The van der Waals surface area contributed by atoms with Gasteiger partial charge in [0.15, 0.2) is 0 Å². The van der Waals surface area contributed by atoms with Crippen molar-refractivity contribution in [2.24, 2.45) is 0 Å². The summed E-state index contributed by atoms with van der Waals surface area (Å²) in [6.45, 7) is 0. The molecule has 0 aliphatic carbocycles. The molecule has 1 rings (SSSR count). The van der Waals surface area contributed by atoms with Crippen molar-refractivity contribution in [1.29, 1.82) is 0 Å². The molecule has 1 aromatic rings. The summed E-state index contributed by atoms with van der Waals surface area (Å²) in [5.74, 6) is 0.0655. The second kappa shape index (κ2) is 5.32. The largest absolute Gasteiger partial charge is 0.772 e. The lowest BCUT2D eigenvalue weighted by Crippen LogP contribution is -1.89. The molecular formula is C9H8BrO2S-. The van der Waals surface area contributed by atoms with Crippen molar-refractivity contribution in [3.63, 3.8) is 0 Å². The highest BCUT2D eigenvalue weighted by Gasteiger charge is 1.86.